The summed E-state index contributed by atoms with van der Waals surface area (Å²) < 4.78 is 33.3. The van der Waals surface area contributed by atoms with Crippen LogP contribution in [0.3, 0.4) is 0 Å². The number of carbonyl (C=O) groups excluding carboxylic acids is 2. The molecule has 91 heavy (non-hydrogen) atoms. The van der Waals surface area contributed by atoms with Crippen LogP contribution in [0.15, 0.2) is 60.8 Å². The standard InChI is InChI=1S/C81H152NO8P/c1-3-5-7-9-11-13-15-17-19-21-23-25-27-29-31-33-35-36-37-38-39-40-41-42-44-46-48-50-52-54-56-58-60-62-64-66-68-70-72-74-81(84)90-79(78-89-91(85,86)88-76-75-82)77-87-80(83)73-71-69-67-65-63-61-59-57-55-53-51-49-47-45-43-34-32-30-28-26-24-22-20-18-16-14-12-10-8-6-4-2/h15-18,21-24,27,29,79H,3-14,19-20,25-26,28,30-78,82H2,1-2H3,(H,85,86)/b17-15-,18-16-,23-21-,24-22-,29-27-. The fraction of sp³-hybridized carbons (Fsp3) is 0.852. The molecule has 9 nitrogen and oxygen atoms in total. The van der Waals surface area contributed by atoms with E-state index in [0.29, 0.717) is 6.42 Å². The van der Waals surface area contributed by atoms with Crippen LogP contribution < -0.4 is 5.73 Å². The van der Waals surface area contributed by atoms with Gasteiger partial charge in [0, 0.05) is 19.4 Å². The summed E-state index contributed by atoms with van der Waals surface area (Å²) in [7, 11) is -4.39. The summed E-state index contributed by atoms with van der Waals surface area (Å²) in [6.07, 6.45) is 101. The van der Waals surface area contributed by atoms with Crippen LogP contribution in [0.2, 0.25) is 0 Å². The number of esters is 2. The first-order valence-electron chi connectivity index (χ1n) is 39.8. The minimum Gasteiger partial charge on any atom is -0.462 e. The number of nitrogens with two attached hydrogens (primary N) is 1. The molecule has 3 N–H and O–H groups in total. The monoisotopic (exact) mass is 1300 g/mol. The van der Waals surface area contributed by atoms with Crippen molar-refractivity contribution in [3.05, 3.63) is 60.8 Å². The third-order valence-electron chi connectivity index (χ3n) is 17.9. The molecule has 0 aromatic carbocycles. The lowest BCUT2D eigenvalue weighted by Gasteiger charge is -2.19. The predicted molar refractivity (Wildman–Crippen MR) is 395 cm³/mol. The molecule has 0 bridgehead atoms. The van der Waals surface area contributed by atoms with Crippen LogP contribution in [0.4, 0.5) is 0 Å². The molecular weight excluding hydrogens is 1150 g/mol. The van der Waals surface area contributed by atoms with Gasteiger partial charge >= 0.3 is 19.8 Å². The molecule has 534 valence electrons. The molecule has 0 aliphatic carbocycles. The van der Waals surface area contributed by atoms with E-state index in [1.54, 1.807) is 0 Å². The van der Waals surface area contributed by atoms with E-state index >= 15 is 0 Å². The average Bonchev–Trinajstić information content (AvgIpc) is 3.71. The molecule has 0 rings (SSSR count). The molecule has 0 spiro atoms. The molecule has 0 aromatic rings. The van der Waals surface area contributed by atoms with Gasteiger partial charge in [-0.25, -0.2) is 4.57 Å². The Morgan fingerprint density at radius 2 is 0.571 bits per heavy atom. The van der Waals surface area contributed by atoms with Gasteiger partial charge in [-0.1, -0.05) is 376 Å². The van der Waals surface area contributed by atoms with E-state index in [9.17, 15) is 19.0 Å². The van der Waals surface area contributed by atoms with E-state index in [0.717, 1.165) is 51.4 Å². The summed E-state index contributed by atoms with van der Waals surface area (Å²) in [5, 5.41) is 0. The van der Waals surface area contributed by atoms with Crippen molar-refractivity contribution in [1.29, 1.82) is 0 Å². The fourth-order valence-corrected chi connectivity index (χ4v) is 12.7. The van der Waals surface area contributed by atoms with Crippen LogP contribution >= 0.6 is 7.82 Å². The van der Waals surface area contributed by atoms with E-state index in [1.165, 1.54) is 327 Å². The number of rotatable bonds is 76. The zero-order valence-corrected chi connectivity index (χ0v) is 61.2. The Bertz CT molecular complexity index is 1680. The molecule has 0 saturated carbocycles. The van der Waals surface area contributed by atoms with Gasteiger partial charge in [-0.2, -0.15) is 0 Å². The molecule has 0 fully saturated rings. The third-order valence-corrected chi connectivity index (χ3v) is 18.9. The van der Waals surface area contributed by atoms with E-state index in [1.807, 2.05) is 0 Å². The maximum absolute atomic E-state index is 12.8. The van der Waals surface area contributed by atoms with Gasteiger partial charge in [-0.3, -0.25) is 18.6 Å². The maximum Gasteiger partial charge on any atom is 0.472 e. The van der Waals surface area contributed by atoms with Gasteiger partial charge in [-0.05, 0) is 83.5 Å². The number of hydrogen-bond donors (Lipinski definition) is 2. The van der Waals surface area contributed by atoms with Crippen LogP contribution in [0.1, 0.15) is 412 Å². The Morgan fingerprint density at radius 1 is 0.330 bits per heavy atom. The Morgan fingerprint density at radius 3 is 0.846 bits per heavy atom. The zero-order valence-electron chi connectivity index (χ0n) is 60.3. The largest absolute Gasteiger partial charge is 0.472 e. The van der Waals surface area contributed by atoms with Gasteiger partial charge in [-0.15, -0.1) is 0 Å². The zero-order chi connectivity index (χ0) is 65.8. The van der Waals surface area contributed by atoms with E-state index < -0.39 is 26.5 Å². The molecule has 0 aliphatic rings. The topological polar surface area (TPSA) is 134 Å². The van der Waals surface area contributed by atoms with Gasteiger partial charge in [0.05, 0.1) is 13.2 Å². The molecular formula is C81H152NO8P. The van der Waals surface area contributed by atoms with E-state index in [4.69, 9.17) is 24.3 Å². The fourth-order valence-electron chi connectivity index (χ4n) is 12.0. The number of allylic oxidation sites excluding steroid dienone is 10. The van der Waals surface area contributed by atoms with Crippen molar-refractivity contribution in [2.75, 3.05) is 26.4 Å². The van der Waals surface area contributed by atoms with Crippen molar-refractivity contribution in [2.24, 2.45) is 5.73 Å². The SMILES string of the molecule is CCCCCCC/C=C\C/C=C\C/C=C\CCCCCCCCCCCCCCCCCCCCCCCCCCC(=O)OC(COC(=O)CCCCCCCCCCCCCCCCCCCCC/C=C\C/C=C\CCCCCCC)COP(=O)(O)OCCN. The molecule has 0 heterocycles. The molecule has 0 aromatic heterocycles. The van der Waals surface area contributed by atoms with Gasteiger partial charge in [0.15, 0.2) is 6.10 Å². The minimum atomic E-state index is -4.39. The summed E-state index contributed by atoms with van der Waals surface area (Å²) in [5.74, 6) is -0.804. The number of unbranched alkanes of at least 4 members (excludes halogenated alkanes) is 53. The Labute approximate surface area is 565 Å². The normalized spacial score (nSPS) is 13.1. The predicted octanol–water partition coefficient (Wildman–Crippen LogP) is 26.5. The number of carbonyl (C=O) groups is 2. The first kappa shape index (κ1) is 88.7. The summed E-state index contributed by atoms with van der Waals surface area (Å²) in [4.78, 5) is 35.5. The van der Waals surface area contributed by atoms with Crippen molar-refractivity contribution < 1.29 is 37.6 Å². The first-order chi connectivity index (χ1) is 44.8. The van der Waals surface area contributed by atoms with Gasteiger partial charge < -0.3 is 20.1 Å². The van der Waals surface area contributed by atoms with Crippen molar-refractivity contribution in [3.63, 3.8) is 0 Å². The van der Waals surface area contributed by atoms with Crippen molar-refractivity contribution in [1.82, 2.24) is 0 Å². The highest BCUT2D eigenvalue weighted by Gasteiger charge is 2.26. The van der Waals surface area contributed by atoms with Crippen molar-refractivity contribution >= 4 is 19.8 Å². The summed E-state index contributed by atoms with van der Waals surface area (Å²) in [6, 6.07) is 0. The molecule has 0 saturated heterocycles. The molecule has 0 amide bonds. The lowest BCUT2D eigenvalue weighted by atomic mass is 10.0. The summed E-state index contributed by atoms with van der Waals surface area (Å²) in [5.41, 5.74) is 5.42. The number of phosphoric ester groups is 1. The Hall–Kier alpha value is -2.29. The van der Waals surface area contributed by atoms with Crippen molar-refractivity contribution in [2.45, 2.75) is 418 Å². The van der Waals surface area contributed by atoms with E-state index in [-0.39, 0.29) is 38.6 Å². The average molecular weight is 1300 g/mol. The van der Waals surface area contributed by atoms with Crippen LogP contribution in [-0.4, -0.2) is 49.3 Å². The third kappa shape index (κ3) is 76.6. The lowest BCUT2D eigenvalue weighted by molar-refractivity contribution is -0.161. The maximum atomic E-state index is 12.8. The highest BCUT2D eigenvalue weighted by atomic mass is 31.2. The van der Waals surface area contributed by atoms with Gasteiger partial charge in [0.2, 0.25) is 0 Å². The summed E-state index contributed by atoms with van der Waals surface area (Å²) in [6.45, 7) is 3.79. The second kappa shape index (κ2) is 76.7. The second-order valence-electron chi connectivity index (χ2n) is 26.9. The van der Waals surface area contributed by atoms with Crippen LogP contribution in [0, 0.1) is 0 Å². The molecule has 2 unspecified atom stereocenters. The van der Waals surface area contributed by atoms with Crippen LogP contribution in [-0.2, 0) is 32.7 Å². The number of phosphoric acid groups is 1. The second-order valence-corrected chi connectivity index (χ2v) is 28.4. The smallest absolute Gasteiger partial charge is 0.462 e. The molecule has 10 heteroatoms. The van der Waals surface area contributed by atoms with Crippen LogP contribution in [0.25, 0.3) is 0 Å². The minimum absolute atomic E-state index is 0.0553. The molecule has 2 atom stereocenters. The van der Waals surface area contributed by atoms with Gasteiger partial charge in [0.1, 0.15) is 6.61 Å². The van der Waals surface area contributed by atoms with E-state index in [2.05, 4.69) is 74.6 Å². The van der Waals surface area contributed by atoms with Gasteiger partial charge in [0.25, 0.3) is 0 Å². The number of ether oxygens (including phenoxy) is 2. The van der Waals surface area contributed by atoms with Crippen LogP contribution in [0.5, 0.6) is 0 Å². The first-order valence-corrected chi connectivity index (χ1v) is 41.3. The molecule has 0 radical (unpaired) electrons. The summed E-state index contributed by atoms with van der Waals surface area (Å²) >= 11 is 0. The molecule has 0 aliphatic heterocycles. The number of hydrogen-bond acceptors (Lipinski definition) is 8. The Kier molecular flexibility index (Phi) is 74.8. The lowest BCUT2D eigenvalue weighted by Crippen LogP contribution is -2.29. The Balaban J connectivity index is 3.76. The quantitative estimate of drug-likeness (QED) is 0.0264. The highest BCUT2D eigenvalue weighted by molar-refractivity contribution is 7.47. The van der Waals surface area contributed by atoms with Crippen molar-refractivity contribution in [3.8, 4) is 0 Å². The highest BCUT2D eigenvalue weighted by Crippen LogP contribution is 2.43.